The Hall–Kier alpha value is -2.81. The lowest BCUT2D eigenvalue weighted by Crippen LogP contribution is -2.57. The van der Waals surface area contributed by atoms with Gasteiger partial charge in [0.15, 0.2) is 0 Å². The van der Waals surface area contributed by atoms with Crippen LogP contribution in [-0.2, 0) is 10.2 Å². The Bertz CT molecular complexity index is 1280. The van der Waals surface area contributed by atoms with Crippen LogP contribution in [0.3, 0.4) is 0 Å². The third-order valence-electron chi connectivity index (χ3n) is 10.7. The SMILES string of the molecule is CCOC(=O)c1ccc(N2CCN(CC3CC(C)CCC3(CN3C[C@@H]4C[C@H]3CN4C(=O)O)c3ccc(Cl)cc3)CC2)cc1. The van der Waals surface area contributed by atoms with Gasteiger partial charge in [-0.05, 0) is 86.4 Å². The summed E-state index contributed by atoms with van der Waals surface area (Å²) in [5.74, 6) is 0.912. The van der Waals surface area contributed by atoms with Gasteiger partial charge >= 0.3 is 12.1 Å². The van der Waals surface area contributed by atoms with Crippen LogP contribution >= 0.6 is 11.6 Å². The van der Waals surface area contributed by atoms with E-state index < -0.39 is 6.09 Å². The monoisotopic (exact) mass is 608 g/mol. The van der Waals surface area contributed by atoms with E-state index in [1.54, 1.807) is 4.90 Å². The van der Waals surface area contributed by atoms with Crippen molar-refractivity contribution in [1.29, 1.82) is 0 Å². The number of carboxylic acid groups (broad SMARTS) is 1. The zero-order valence-electron chi connectivity index (χ0n) is 25.5. The average Bonchev–Trinajstić information content (AvgIpc) is 3.61. The zero-order chi connectivity index (χ0) is 30.1. The molecule has 3 aliphatic heterocycles. The number of hydrogen-bond acceptors (Lipinski definition) is 6. The van der Waals surface area contributed by atoms with Crippen molar-refractivity contribution < 1.29 is 19.4 Å². The summed E-state index contributed by atoms with van der Waals surface area (Å²) in [5, 5.41) is 10.4. The van der Waals surface area contributed by atoms with Gasteiger partial charge in [0, 0.05) is 80.6 Å². The van der Waals surface area contributed by atoms with Gasteiger partial charge in [0.25, 0.3) is 0 Å². The van der Waals surface area contributed by atoms with Crippen LogP contribution < -0.4 is 4.90 Å². The number of nitrogens with zero attached hydrogens (tertiary/aromatic N) is 4. The number of ether oxygens (including phenoxy) is 1. The second-order valence-corrected chi connectivity index (χ2v) is 13.6. The second-order valence-electron chi connectivity index (χ2n) is 13.2. The van der Waals surface area contributed by atoms with Crippen LogP contribution in [0.5, 0.6) is 0 Å². The van der Waals surface area contributed by atoms with Gasteiger partial charge < -0.3 is 19.6 Å². The van der Waals surface area contributed by atoms with E-state index in [4.69, 9.17) is 16.3 Å². The molecule has 3 unspecified atom stereocenters. The van der Waals surface area contributed by atoms with Crippen molar-refractivity contribution in [2.75, 3.05) is 63.9 Å². The molecule has 0 aromatic heterocycles. The Morgan fingerprint density at radius 3 is 2.33 bits per heavy atom. The van der Waals surface area contributed by atoms with E-state index in [0.717, 1.165) is 69.4 Å². The maximum Gasteiger partial charge on any atom is 0.407 e. The molecule has 3 saturated heterocycles. The van der Waals surface area contributed by atoms with Crippen LogP contribution in [0.25, 0.3) is 0 Å². The van der Waals surface area contributed by atoms with Gasteiger partial charge in [0.05, 0.1) is 12.2 Å². The molecule has 1 N–H and O–H groups in total. The lowest BCUT2D eigenvalue weighted by molar-refractivity contribution is 0.0397. The Morgan fingerprint density at radius 1 is 0.977 bits per heavy atom. The first-order valence-corrected chi connectivity index (χ1v) is 16.4. The van der Waals surface area contributed by atoms with Gasteiger partial charge in [-0.15, -0.1) is 0 Å². The summed E-state index contributed by atoms with van der Waals surface area (Å²) >= 11 is 6.37. The van der Waals surface area contributed by atoms with E-state index in [2.05, 4.69) is 33.8 Å². The molecular formula is C34H45ClN4O4. The van der Waals surface area contributed by atoms with E-state index in [-0.39, 0.29) is 17.4 Å². The molecule has 2 bridgehead atoms. The zero-order valence-corrected chi connectivity index (χ0v) is 26.2. The molecule has 8 nitrogen and oxygen atoms in total. The molecule has 4 aliphatic rings. The number of carbonyl (C=O) groups excluding carboxylic acids is 1. The first-order chi connectivity index (χ1) is 20.8. The summed E-state index contributed by atoms with van der Waals surface area (Å²) in [4.78, 5) is 33.2. The standard InChI is InChI=1S/C34H45ClN4O4/c1-3-43-32(40)25-4-10-29(11-5-25)37-16-14-36(15-17-37)20-27-18-24(2)12-13-34(27,26-6-8-28(35)9-7-26)23-38-21-31-19-30(38)22-39(31)33(41)42/h4-11,24,27,30-31H,3,12-23H2,1-2H3,(H,41,42)/t24?,27?,30-,31-,34?/m0/s1. The van der Waals surface area contributed by atoms with E-state index in [1.165, 1.54) is 18.4 Å². The van der Waals surface area contributed by atoms with Gasteiger partial charge in [-0.1, -0.05) is 30.7 Å². The smallest absolute Gasteiger partial charge is 0.407 e. The van der Waals surface area contributed by atoms with Gasteiger partial charge in [-0.25, -0.2) is 9.59 Å². The average molecular weight is 609 g/mol. The molecule has 2 aromatic carbocycles. The summed E-state index contributed by atoms with van der Waals surface area (Å²) in [6, 6.07) is 16.8. The number of amides is 1. The molecule has 5 atom stereocenters. The van der Waals surface area contributed by atoms with Gasteiger partial charge in [-0.3, -0.25) is 9.80 Å². The normalized spacial score (nSPS) is 29.7. The molecule has 1 aliphatic carbocycles. The third-order valence-corrected chi connectivity index (χ3v) is 10.9. The molecule has 232 valence electrons. The fourth-order valence-electron chi connectivity index (χ4n) is 8.31. The number of halogens is 1. The molecule has 4 fully saturated rings. The Balaban J connectivity index is 1.17. The molecule has 2 aromatic rings. The fourth-order valence-corrected chi connectivity index (χ4v) is 8.44. The van der Waals surface area contributed by atoms with Crippen molar-refractivity contribution in [3.63, 3.8) is 0 Å². The van der Waals surface area contributed by atoms with Crippen molar-refractivity contribution >= 4 is 29.4 Å². The van der Waals surface area contributed by atoms with Gasteiger partial charge in [0.2, 0.25) is 0 Å². The summed E-state index contributed by atoms with van der Waals surface area (Å²) in [5.41, 5.74) is 3.13. The number of esters is 1. The topological polar surface area (TPSA) is 76.6 Å². The van der Waals surface area contributed by atoms with Crippen molar-refractivity contribution in [2.45, 2.75) is 57.0 Å². The van der Waals surface area contributed by atoms with Gasteiger partial charge in [-0.2, -0.15) is 0 Å². The maximum absolute atomic E-state index is 12.1. The van der Waals surface area contributed by atoms with Crippen LogP contribution in [0, 0.1) is 11.8 Å². The Morgan fingerprint density at radius 2 is 1.70 bits per heavy atom. The minimum absolute atomic E-state index is 0.00962. The van der Waals surface area contributed by atoms with Crippen molar-refractivity contribution in [2.24, 2.45) is 11.8 Å². The predicted octanol–water partition coefficient (Wildman–Crippen LogP) is 5.45. The summed E-state index contributed by atoms with van der Waals surface area (Å²) in [7, 11) is 0. The lowest BCUT2D eigenvalue weighted by atomic mass is 9.59. The first-order valence-electron chi connectivity index (χ1n) is 16.0. The quantitative estimate of drug-likeness (QED) is 0.400. The highest BCUT2D eigenvalue weighted by Crippen LogP contribution is 2.48. The Labute approximate surface area is 260 Å². The summed E-state index contributed by atoms with van der Waals surface area (Å²) in [6.07, 6.45) is 3.72. The highest BCUT2D eigenvalue weighted by molar-refractivity contribution is 6.30. The number of hydrogen-bond donors (Lipinski definition) is 1. The number of fused-ring (bicyclic) bond motifs is 2. The molecule has 0 radical (unpaired) electrons. The minimum atomic E-state index is -0.780. The molecule has 1 amide bonds. The molecule has 9 heteroatoms. The van der Waals surface area contributed by atoms with Gasteiger partial charge in [0.1, 0.15) is 0 Å². The second kappa shape index (κ2) is 12.7. The highest BCUT2D eigenvalue weighted by atomic mass is 35.5. The molecule has 6 rings (SSSR count). The molecule has 1 saturated carbocycles. The lowest BCUT2D eigenvalue weighted by Gasteiger charge is -2.52. The largest absolute Gasteiger partial charge is 0.465 e. The predicted molar refractivity (Wildman–Crippen MR) is 169 cm³/mol. The number of benzene rings is 2. The van der Waals surface area contributed by atoms with E-state index >= 15 is 0 Å². The number of piperazine rings is 2. The van der Waals surface area contributed by atoms with Crippen molar-refractivity contribution in [1.82, 2.24) is 14.7 Å². The molecule has 43 heavy (non-hydrogen) atoms. The molecule has 3 heterocycles. The van der Waals surface area contributed by atoms with E-state index in [1.807, 2.05) is 43.3 Å². The van der Waals surface area contributed by atoms with Crippen LogP contribution in [0.15, 0.2) is 48.5 Å². The van der Waals surface area contributed by atoms with E-state index in [9.17, 15) is 14.7 Å². The molecular weight excluding hydrogens is 564 g/mol. The third kappa shape index (κ3) is 6.24. The van der Waals surface area contributed by atoms with Crippen LogP contribution in [0.2, 0.25) is 5.02 Å². The van der Waals surface area contributed by atoms with Crippen molar-refractivity contribution in [3.05, 3.63) is 64.7 Å². The maximum atomic E-state index is 12.1. The van der Waals surface area contributed by atoms with E-state index in [0.29, 0.717) is 36.6 Å². The highest BCUT2D eigenvalue weighted by Gasteiger charge is 2.51. The number of rotatable bonds is 8. The Kier molecular flexibility index (Phi) is 8.90. The molecule has 0 spiro atoms. The van der Waals surface area contributed by atoms with Crippen LogP contribution in [-0.4, -0.2) is 103 Å². The number of anilines is 1. The summed E-state index contributed by atoms with van der Waals surface area (Å²) < 4.78 is 5.14. The van der Waals surface area contributed by atoms with Crippen LogP contribution in [0.1, 0.15) is 55.5 Å². The summed E-state index contributed by atoms with van der Waals surface area (Å²) in [6.45, 7) is 12.0. The van der Waals surface area contributed by atoms with Crippen molar-refractivity contribution in [3.8, 4) is 0 Å². The number of likely N-dealkylation sites (tertiary alicyclic amines) is 2. The first kappa shape index (κ1) is 30.2. The van der Waals surface area contributed by atoms with Crippen LogP contribution in [0.4, 0.5) is 10.5 Å². The minimum Gasteiger partial charge on any atom is -0.465 e. The fraction of sp³-hybridized carbons (Fsp3) is 0.588. The number of carbonyl (C=O) groups is 2.